The van der Waals surface area contributed by atoms with Crippen molar-refractivity contribution in [1.82, 2.24) is 5.32 Å². The molecule has 0 spiro atoms. The molecule has 1 N–H and O–H groups in total. The Hall–Kier alpha value is -1.02. The molecule has 1 aromatic carbocycles. The van der Waals surface area contributed by atoms with Crippen molar-refractivity contribution in [2.24, 2.45) is 0 Å². The zero-order valence-electron chi connectivity index (χ0n) is 11.6. The molecule has 0 aliphatic heterocycles. The van der Waals surface area contributed by atoms with Crippen LogP contribution in [0.1, 0.15) is 51.0 Å². The SMILES string of the molecule is CC(C)c1cccc(OCCCCNC2CC2)c1. The summed E-state index contributed by atoms with van der Waals surface area (Å²) < 4.78 is 5.79. The maximum Gasteiger partial charge on any atom is 0.119 e. The van der Waals surface area contributed by atoms with Crippen LogP contribution in [0.5, 0.6) is 5.75 Å². The lowest BCUT2D eigenvalue weighted by Crippen LogP contribution is -2.17. The molecule has 2 heteroatoms. The topological polar surface area (TPSA) is 21.3 Å². The third-order valence-corrected chi connectivity index (χ3v) is 3.37. The number of hydrogen-bond donors (Lipinski definition) is 1. The van der Waals surface area contributed by atoms with Gasteiger partial charge in [-0.3, -0.25) is 0 Å². The molecule has 18 heavy (non-hydrogen) atoms. The summed E-state index contributed by atoms with van der Waals surface area (Å²) in [6, 6.07) is 9.28. The van der Waals surface area contributed by atoms with Gasteiger partial charge in [0.25, 0.3) is 0 Å². The van der Waals surface area contributed by atoms with Crippen molar-refractivity contribution in [3.8, 4) is 5.75 Å². The van der Waals surface area contributed by atoms with Crippen LogP contribution in [-0.2, 0) is 0 Å². The van der Waals surface area contributed by atoms with E-state index >= 15 is 0 Å². The summed E-state index contributed by atoms with van der Waals surface area (Å²) in [6.45, 7) is 6.39. The zero-order chi connectivity index (χ0) is 12.8. The van der Waals surface area contributed by atoms with Crippen LogP contribution in [0.2, 0.25) is 0 Å². The number of nitrogens with one attached hydrogen (secondary N) is 1. The highest BCUT2D eigenvalue weighted by Crippen LogP contribution is 2.20. The molecular weight excluding hydrogens is 222 g/mol. The molecule has 0 atom stereocenters. The number of unbranched alkanes of at least 4 members (excludes halogenated alkanes) is 1. The Morgan fingerprint density at radius 3 is 2.83 bits per heavy atom. The second-order valence-electron chi connectivity index (χ2n) is 5.51. The van der Waals surface area contributed by atoms with Gasteiger partial charge in [0.2, 0.25) is 0 Å². The standard InChI is InChI=1S/C16H25NO/c1-13(2)14-6-5-7-16(12-14)18-11-4-3-10-17-15-8-9-15/h5-7,12-13,15,17H,3-4,8-11H2,1-2H3. The molecule has 0 bridgehead atoms. The third kappa shape index (κ3) is 4.69. The molecule has 1 aliphatic rings. The quantitative estimate of drug-likeness (QED) is 0.707. The minimum Gasteiger partial charge on any atom is -0.494 e. The Morgan fingerprint density at radius 1 is 1.28 bits per heavy atom. The van der Waals surface area contributed by atoms with Crippen molar-refractivity contribution in [1.29, 1.82) is 0 Å². The summed E-state index contributed by atoms with van der Waals surface area (Å²) in [5.74, 6) is 1.58. The zero-order valence-corrected chi connectivity index (χ0v) is 11.6. The highest BCUT2D eigenvalue weighted by Gasteiger charge is 2.19. The lowest BCUT2D eigenvalue weighted by molar-refractivity contribution is 0.305. The average Bonchev–Trinajstić information content (AvgIpc) is 3.18. The van der Waals surface area contributed by atoms with Crippen LogP contribution in [0.25, 0.3) is 0 Å². The molecule has 0 heterocycles. The van der Waals surface area contributed by atoms with Gasteiger partial charge in [-0.2, -0.15) is 0 Å². The minimum absolute atomic E-state index is 0.566. The fraction of sp³-hybridized carbons (Fsp3) is 0.625. The van der Waals surface area contributed by atoms with E-state index in [2.05, 4.69) is 37.4 Å². The Balaban J connectivity index is 1.61. The molecule has 1 aliphatic carbocycles. The molecule has 100 valence electrons. The molecule has 0 radical (unpaired) electrons. The first-order valence-electron chi connectivity index (χ1n) is 7.22. The van der Waals surface area contributed by atoms with Gasteiger partial charge in [0.1, 0.15) is 5.75 Å². The summed E-state index contributed by atoms with van der Waals surface area (Å²) in [4.78, 5) is 0. The van der Waals surface area contributed by atoms with E-state index in [0.29, 0.717) is 5.92 Å². The van der Waals surface area contributed by atoms with E-state index in [1.807, 2.05) is 6.07 Å². The Bertz CT molecular complexity index is 358. The molecule has 0 saturated heterocycles. The summed E-state index contributed by atoms with van der Waals surface area (Å²) >= 11 is 0. The van der Waals surface area contributed by atoms with Crippen LogP contribution in [0.3, 0.4) is 0 Å². The monoisotopic (exact) mass is 247 g/mol. The Morgan fingerprint density at radius 2 is 2.11 bits per heavy atom. The number of ether oxygens (including phenoxy) is 1. The van der Waals surface area contributed by atoms with Gasteiger partial charge in [-0.25, -0.2) is 0 Å². The highest BCUT2D eigenvalue weighted by atomic mass is 16.5. The van der Waals surface area contributed by atoms with Crippen LogP contribution in [0, 0.1) is 0 Å². The smallest absolute Gasteiger partial charge is 0.119 e. The molecule has 0 aromatic heterocycles. The lowest BCUT2D eigenvalue weighted by atomic mass is 10.0. The van der Waals surface area contributed by atoms with Gasteiger partial charge >= 0.3 is 0 Å². The highest BCUT2D eigenvalue weighted by molar-refractivity contribution is 5.30. The molecule has 0 amide bonds. The first kappa shape index (κ1) is 13.4. The lowest BCUT2D eigenvalue weighted by Gasteiger charge is -2.10. The van der Waals surface area contributed by atoms with E-state index in [1.165, 1.54) is 24.8 Å². The summed E-state index contributed by atoms with van der Waals surface area (Å²) in [7, 11) is 0. The summed E-state index contributed by atoms with van der Waals surface area (Å²) in [6.07, 6.45) is 5.09. The normalized spacial score (nSPS) is 15.1. The van der Waals surface area contributed by atoms with Gasteiger partial charge in [0.15, 0.2) is 0 Å². The predicted molar refractivity (Wildman–Crippen MR) is 76.3 cm³/mol. The summed E-state index contributed by atoms with van der Waals surface area (Å²) in [5, 5.41) is 3.52. The first-order valence-corrected chi connectivity index (χ1v) is 7.22. The summed E-state index contributed by atoms with van der Waals surface area (Å²) in [5.41, 5.74) is 1.35. The fourth-order valence-electron chi connectivity index (χ4n) is 1.97. The Kier molecular flexibility index (Phi) is 5.06. The van der Waals surface area contributed by atoms with Gasteiger partial charge in [-0.15, -0.1) is 0 Å². The van der Waals surface area contributed by atoms with Crippen molar-refractivity contribution < 1.29 is 4.74 Å². The molecule has 1 aromatic rings. The number of hydrogen-bond acceptors (Lipinski definition) is 2. The van der Waals surface area contributed by atoms with E-state index in [0.717, 1.165) is 31.4 Å². The molecular formula is C16H25NO. The van der Waals surface area contributed by atoms with Crippen molar-refractivity contribution >= 4 is 0 Å². The number of benzene rings is 1. The van der Waals surface area contributed by atoms with Crippen LogP contribution in [-0.4, -0.2) is 19.2 Å². The van der Waals surface area contributed by atoms with E-state index in [1.54, 1.807) is 0 Å². The van der Waals surface area contributed by atoms with Gasteiger partial charge in [0.05, 0.1) is 6.61 Å². The van der Waals surface area contributed by atoms with Crippen molar-refractivity contribution in [2.75, 3.05) is 13.2 Å². The van der Waals surface area contributed by atoms with Gasteiger partial charge in [0, 0.05) is 6.04 Å². The Labute approximate surface area is 111 Å². The average molecular weight is 247 g/mol. The molecule has 0 unspecified atom stereocenters. The molecule has 2 nitrogen and oxygen atoms in total. The van der Waals surface area contributed by atoms with Crippen LogP contribution < -0.4 is 10.1 Å². The van der Waals surface area contributed by atoms with Gasteiger partial charge in [-0.1, -0.05) is 26.0 Å². The van der Waals surface area contributed by atoms with Gasteiger partial charge in [-0.05, 0) is 55.8 Å². The van der Waals surface area contributed by atoms with Crippen molar-refractivity contribution in [3.05, 3.63) is 29.8 Å². The molecule has 1 saturated carbocycles. The van der Waals surface area contributed by atoms with Crippen LogP contribution in [0.15, 0.2) is 24.3 Å². The molecule has 2 rings (SSSR count). The number of rotatable bonds is 8. The van der Waals surface area contributed by atoms with Crippen LogP contribution >= 0.6 is 0 Å². The minimum atomic E-state index is 0.566. The van der Waals surface area contributed by atoms with E-state index in [4.69, 9.17) is 4.74 Å². The predicted octanol–water partition coefficient (Wildman–Crippen LogP) is 3.72. The first-order chi connectivity index (χ1) is 8.75. The van der Waals surface area contributed by atoms with Gasteiger partial charge < -0.3 is 10.1 Å². The largest absolute Gasteiger partial charge is 0.494 e. The maximum absolute atomic E-state index is 5.79. The fourth-order valence-corrected chi connectivity index (χ4v) is 1.97. The second-order valence-corrected chi connectivity index (χ2v) is 5.51. The molecule has 1 fully saturated rings. The van der Waals surface area contributed by atoms with E-state index in [-0.39, 0.29) is 0 Å². The van der Waals surface area contributed by atoms with Crippen LogP contribution in [0.4, 0.5) is 0 Å². The van der Waals surface area contributed by atoms with E-state index in [9.17, 15) is 0 Å². The second kappa shape index (κ2) is 6.79. The van der Waals surface area contributed by atoms with E-state index < -0.39 is 0 Å². The maximum atomic E-state index is 5.79. The van der Waals surface area contributed by atoms with Crippen molar-refractivity contribution in [2.45, 2.75) is 51.5 Å². The van der Waals surface area contributed by atoms with Crippen molar-refractivity contribution in [3.63, 3.8) is 0 Å². The third-order valence-electron chi connectivity index (χ3n) is 3.37.